The van der Waals surface area contributed by atoms with Gasteiger partial charge in [-0.15, -0.1) is 0 Å². The molecule has 1 aromatic rings. The maximum Gasteiger partial charge on any atom is 0.335 e. The van der Waals surface area contributed by atoms with Crippen molar-refractivity contribution in [3.63, 3.8) is 0 Å². The van der Waals surface area contributed by atoms with E-state index in [1.54, 1.807) is 18.2 Å². The first kappa shape index (κ1) is 12.9. The number of carbonyl (C=O) groups is 1. The van der Waals surface area contributed by atoms with Crippen molar-refractivity contribution in [1.82, 2.24) is 0 Å². The fourth-order valence-electron chi connectivity index (χ4n) is 2.33. The Morgan fingerprint density at radius 2 is 2.28 bits per heavy atom. The van der Waals surface area contributed by atoms with Gasteiger partial charge in [0.2, 0.25) is 0 Å². The van der Waals surface area contributed by atoms with Crippen molar-refractivity contribution in [2.75, 3.05) is 11.9 Å². The lowest BCUT2D eigenvalue weighted by Gasteiger charge is -2.36. The van der Waals surface area contributed by atoms with E-state index in [1.165, 1.54) is 0 Å². The number of hydrogen-bond acceptors (Lipinski definition) is 3. The zero-order chi connectivity index (χ0) is 13.2. The molecule has 0 spiro atoms. The topological polar surface area (TPSA) is 58.6 Å². The van der Waals surface area contributed by atoms with Gasteiger partial charge in [-0.1, -0.05) is 6.07 Å². The molecule has 1 aliphatic heterocycles. The van der Waals surface area contributed by atoms with Crippen molar-refractivity contribution in [2.45, 2.75) is 38.3 Å². The summed E-state index contributed by atoms with van der Waals surface area (Å²) in [5, 5.41) is 12.3. The Kier molecular flexibility index (Phi) is 3.57. The average Bonchev–Trinajstić information content (AvgIpc) is 2.28. The molecule has 1 heterocycles. The zero-order valence-electron chi connectivity index (χ0n) is 10.8. The van der Waals surface area contributed by atoms with Gasteiger partial charge in [0, 0.05) is 18.3 Å². The van der Waals surface area contributed by atoms with Crippen molar-refractivity contribution in [1.29, 1.82) is 0 Å². The molecule has 0 aromatic heterocycles. The first-order chi connectivity index (χ1) is 8.46. The number of ether oxygens (including phenoxy) is 1. The number of carboxylic acid groups (broad SMARTS) is 1. The molecule has 1 fully saturated rings. The summed E-state index contributed by atoms with van der Waals surface area (Å²) in [5.41, 5.74) is 1.06. The van der Waals surface area contributed by atoms with Crippen LogP contribution in [0.2, 0.25) is 0 Å². The van der Waals surface area contributed by atoms with E-state index < -0.39 is 5.97 Å². The summed E-state index contributed by atoms with van der Waals surface area (Å²) in [5.74, 6) is -0.897. The minimum absolute atomic E-state index is 0.111. The Bertz CT molecular complexity index is 442. The summed E-state index contributed by atoms with van der Waals surface area (Å²) in [7, 11) is 0. The van der Waals surface area contributed by atoms with E-state index in [2.05, 4.69) is 19.2 Å². The van der Waals surface area contributed by atoms with Gasteiger partial charge in [0.25, 0.3) is 0 Å². The van der Waals surface area contributed by atoms with Gasteiger partial charge in [-0.2, -0.15) is 0 Å². The molecule has 0 bridgehead atoms. The predicted octanol–water partition coefficient (Wildman–Crippen LogP) is 2.75. The SMILES string of the molecule is CC1(C)CC(Nc2cccc(C(=O)O)c2)CCO1. The van der Waals surface area contributed by atoms with E-state index in [1.807, 2.05) is 6.07 Å². The molecule has 4 heteroatoms. The van der Waals surface area contributed by atoms with Crippen LogP contribution in [0.1, 0.15) is 37.0 Å². The molecule has 2 N–H and O–H groups in total. The molecule has 98 valence electrons. The standard InChI is InChI=1S/C14H19NO3/c1-14(2)9-12(6-7-18-14)15-11-5-3-4-10(8-11)13(16)17/h3-5,8,12,15H,6-7,9H2,1-2H3,(H,16,17). The second-order valence-corrected chi connectivity index (χ2v) is 5.33. The third-order valence-corrected chi connectivity index (χ3v) is 3.18. The lowest BCUT2D eigenvalue weighted by molar-refractivity contribution is -0.0553. The minimum atomic E-state index is -0.897. The highest BCUT2D eigenvalue weighted by molar-refractivity contribution is 5.88. The van der Waals surface area contributed by atoms with Crippen molar-refractivity contribution >= 4 is 11.7 Å². The Morgan fingerprint density at radius 1 is 1.50 bits per heavy atom. The second kappa shape index (κ2) is 4.98. The minimum Gasteiger partial charge on any atom is -0.478 e. The lowest BCUT2D eigenvalue weighted by Crippen LogP contribution is -2.40. The molecule has 2 rings (SSSR count). The molecule has 1 unspecified atom stereocenters. The largest absolute Gasteiger partial charge is 0.478 e. The molecular weight excluding hydrogens is 230 g/mol. The molecule has 0 aliphatic carbocycles. The van der Waals surface area contributed by atoms with Crippen LogP contribution in [0.3, 0.4) is 0 Å². The normalized spacial score (nSPS) is 22.4. The quantitative estimate of drug-likeness (QED) is 0.864. The summed E-state index contributed by atoms with van der Waals surface area (Å²) in [6, 6.07) is 7.26. The summed E-state index contributed by atoms with van der Waals surface area (Å²) in [6.45, 7) is 4.90. The van der Waals surface area contributed by atoms with Gasteiger partial charge < -0.3 is 15.2 Å². The van der Waals surface area contributed by atoms with Crippen LogP contribution in [0.25, 0.3) is 0 Å². The molecule has 0 saturated carbocycles. The van der Waals surface area contributed by atoms with Crippen molar-refractivity contribution < 1.29 is 14.6 Å². The highest BCUT2D eigenvalue weighted by Crippen LogP contribution is 2.26. The number of hydrogen-bond donors (Lipinski definition) is 2. The monoisotopic (exact) mass is 249 g/mol. The number of carboxylic acids is 1. The number of anilines is 1. The molecule has 1 saturated heterocycles. The zero-order valence-corrected chi connectivity index (χ0v) is 10.8. The van der Waals surface area contributed by atoms with Crippen molar-refractivity contribution in [2.24, 2.45) is 0 Å². The molecule has 1 aliphatic rings. The smallest absolute Gasteiger partial charge is 0.335 e. The molecular formula is C14H19NO3. The molecule has 18 heavy (non-hydrogen) atoms. The van der Waals surface area contributed by atoms with Crippen LogP contribution in [0.4, 0.5) is 5.69 Å². The third kappa shape index (κ3) is 3.23. The van der Waals surface area contributed by atoms with Gasteiger partial charge in [0.05, 0.1) is 11.2 Å². The van der Waals surface area contributed by atoms with Gasteiger partial charge in [0.1, 0.15) is 0 Å². The van der Waals surface area contributed by atoms with Crippen LogP contribution in [0, 0.1) is 0 Å². The van der Waals surface area contributed by atoms with E-state index in [-0.39, 0.29) is 5.60 Å². The third-order valence-electron chi connectivity index (χ3n) is 3.18. The highest BCUT2D eigenvalue weighted by atomic mass is 16.5. The predicted molar refractivity (Wildman–Crippen MR) is 70.1 cm³/mol. The summed E-state index contributed by atoms with van der Waals surface area (Å²) in [4.78, 5) is 10.9. The van der Waals surface area contributed by atoms with Crippen LogP contribution >= 0.6 is 0 Å². The Hall–Kier alpha value is -1.55. The first-order valence-corrected chi connectivity index (χ1v) is 6.20. The van der Waals surface area contributed by atoms with Gasteiger partial charge in [-0.25, -0.2) is 4.79 Å². The Morgan fingerprint density at radius 3 is 2.94 bits per heavy atom. The Balaban J connectivity index is 2.05. The van der Waals surface area contributed by atoms with E-state index in [0.29, 0.717) is 11.6 Å². The lowest BCUT2D eigenvalue weighted by atomic mass is 9.94. The molecule has 1 aromatic carbocycles. The number of aromatic carboxylic acids is 1. The maximum absolute atomic E-state index is 10.9. The molecule has 0 radical (unpaired) electrons. The van der Waals surface area contributed by atoms with Crippen LogP contribution in [-0.2, 0) is 4.74 Å². The van der Waals surface area contributed by atoms with Crippen molar-refractivity contribution in [3.8, 4) is 0 Å². The van der Waals surface area contributed by atoms with Crippen LogP contribution in [0.5, 0.6) is 0 Å². The average molecular weight is 249 g/mol. The fraction of sp³-hybridized carbons (Fsp3) is 0.500. The first-order valence-electron chi connectivity index (χ1n) is 6.20. The number of rotatable bonds is 3. The van der Waals surface area contributed by atoms with Gasteiger partial charge in [-0.05, 0) is 44.9 Å². The number of benzene rings is 1. The summed E-state index contributed by atoms with van der Waals surface area (Å²) < 4.78 is 5.66. The van der Waals surface area contributed by atoms with Crippen LogP contribution in [-0.4, -0.2) is 29.3 Å². The number of nitrogens with one attached hydrogen (secondary N) is 1. The van der Waals surface area contributed by atoms with Gasteiger partial charge >= 0.3 is 5.97 Å². The van der Waals surface area contributed by atoms with E-state index >= 15 is 0 Å². The molecule has 1 atom stereocenters. The highest BCUT2D eigenvalue weighted by Gasteiger charge is 2.28. The maximum atomic E-state index is 10.9. The van der Waals surface area contributed by atoms with E-state index in [9.17, 15) is 4.79 Å². The van der Waals surface area contributed by atoms with Gasteiger partial charge in [-0.3, -0.25) is 0 Å². The van der Waals surface area contributed by atoms with Gasteiger partial charge in [0.15, 0.2) is 0 Å². The molecule has 4 nitrogen and oxygen atoms in total. The van der Waals surface area contributed by atoms with E-state index in [4.69, 9.17) is 9.84 Å². The molecule has 0 amide bonds. The second-order valence-electron chi connectivity index (χ2n) is 5.33. The van der Waals surface area contributed by atoms with Crippen LogP contribution < -0.4 is 5.32 Å². The Labute approximate surface area is 107 Å². The van der Waals surface area contributed by atoms with Crippen LogP contribution in [0.15, 0.2) is 24.3 Å². The summed E-state index contributed by atoms with van der Waals surface area (Å²) >= 11 is 0. The van der Waals surface area contributed by atoms with Crippen molar-refractivity contribution in [3.05, 3.63) is 29.8 Å². The van der Waals surface area contributed by atoms with E-state index in [0.717, 1.165) is 25.1 Å². The fourth-order valence-corrected chi connectivity index (χ4v) is 2.33. The summed E-state index contributed by atoms with van der Waals surface area (Å²) in [6.07, 6.45) is 1.87.